The number of β-amino-alcohol motifs (C(OH)–C–C–N with tert-alkyl or cyclic N) is 1. The second-order valence-corrected chi connectivity index (χ2v) is 6.12. The van der Waals surface area contributed by atoms with Crippen LogP contribution in [0.1, 0.15) is 39.0 Å². The van der Waals surface area contributed by atoms with Gasteiger partial charge in [-0.1, -0.05) is 0 Å². The predicted octanol–water partition coefficient (Wildman–Crippen LogP) is 0.910. The van der Waals surface area contributed by atoms with E-state index in [-0.39, 0.29) is 43.5 Å². The number of hydrogen-bond acceptors (Lipinski definition) is 3. The van der Waals surface area contributed by atoms with Gasteiger partial charge in [0.15, 0.2) is 0 Å². The number of amides is 2. The quantitative estimate of drug-likeness (QED) is 0.814. The average Bonchev–Trinajstić information content (AvgIpc) is 2.79. The highest BCUT2D eigenvalue weighted by atomic mass is 19.3. The first-order valence-corrected chi connectivity index (χ1v) is 7.39. The third-order valence-corrected chi connectivity index (χ3v) is 4.39. The van der Waals surface area contributed by atoms with Gasteiger partial charge in [0.2, 0.25) is 17.7 Å². The summed E-state index contributed by atoms with van der Waals surface area (Å²) in [4.78, 5) is 24.9. The van der Waals surface area contributed by atoms with E-state index in [4.69, 9.17) is 0 Å². The molecule has 1 aliphatic heterocycles. The molecule has 5 nitrogen and oxygen atoms in total. The number of halogens is 2. The van der Waals surface area contributed by atoms with Crippen molar-refractivity contribution >= 4 is 11.8 Å². The molecule has 2 aliphatic rings. The first-order valence-electron chi connectivity index (χ1n) is 7.39. The van der Waals surface area contributed by atoms with Crippen molar-refractivity contribution in [3.05, 3.63) is 0 Å². The minimum absolute atomic E-state index is 0.0608. The van der Waals surface area contributed by atoms with Crippen molar-refractivity contribution in [3.63, 3.8) is 0 Å². The average molecular weight is 304 g/mol. The fraction of sp³-hybridized carbons (Fsp3) is 0.857. The molecule has 1 saturated carbocycles. The van der Waals surface area contributed by atoms with Crippen molar-refractivity contribution in [2.24, 2.45) is 5.92 Å². The fourth-order valence-electron chi connectivity index (χ4n) is 3.08. The Balaban J connectivity index is 1.81. The molecule has 2 amide bonds. The molecule has 0 spiro atoms. The van der Waals surface area contributed by atoms with E-state index in [1.54, 1.807) is 0 Å². The number of aliphatic hydroxyl groups excluding tert-OH is 1. The van der Waals surface area contributed by atoms with E-state index in [9.17, 15) is 23.5 Å². The molecule has 120 valence electrons. The normalized spacial score (nSPS) is 29.4. The maximum atomic E-state index is 13.0. The van der Waals surface area contributed by atoms with Gasteiger partial charge in [-0.15, -0.1) is 0 Å². The second kappa shape index (κ2) is 6.25. The lowest BCUT2D eigenvalue weighted by Crippen LogP contribution is -2.46. The number of alkyl halides is 2. The monoisotopic (exact) mass is 304 g/mol. The maximum absolute atomic E-state index is 13.0. The molecule has 0 unspecified atom stereocenters. The highest BCUT2D eigenvalue weighted by Gasteiger charge is 2.38. The Morgan fingerprint density at radius 3 is 2.52 bits per heavy atom. The van der Waals surface area contributed by atoms with Crippen LogP contribution in [0.5, 0.6) is 0 Å². The fourth-order valence-corrected chi connectivity index (χ4v) is 3.08. The molecule has 21 heavy (non-hydrogen) atoms. The lowest BCUT2D eigenvalue weighted by molar-refractivity contribution is -0.137. The Kier molecular flexibility index (Phi) is 4.81. The third-order valence-electron chi connectivity index (χ3n) is 4.39. The molecule has 0 aromatic rings. The van der Waals surface area contributed by atoms with E-state index >= 15 is 0 Å². The van der Waals surface area contributed by atoms with Gasteiger partial charge in [-0.25, -0.2) is 8.78 Å². The molecule has 0 aromatic heterocycles. The van der Waals surface area contributed by atoms with E-state index in [2.05, 4.69) is 5.32 Å². The van der Waals surface area contributed by atoms with Gasteiger partial charge in [-0.05, 0) is 18.8 Å². The number of likely N-dealkylation sites (tertiary alicyclic amines) is 1. The summed E-state index contributed by atoms with van der Waals surface area (Å²) >= 11 is 0. The molecule has 0 bridgehead atoms. The number of rotatable bonds is 3. The van der Waals surface area contributed by atoms with Crippen LogP contribution in [0.4, 0.5) is 8.78 Å². The topological polar surface area (TPSA) is 69.6 Å². The number of carbonyl (C=O) groups is 2. The summed E-state index contributed by atoms with van der Waals surface area (Å²) in [5.41, 5.74) is 0. The summed E-state index contributed by atoms with van der Waals surface area (Å²) in [5.74, 6) is -3.06. The van der Waals surface area contributed by atoms with Crippen LogP contribution in [-0.2, 0) is 9.59 Å². The van der Waals surface area contributed by atoms with Gasteiger partial charge in [0.25, 0.3) is 0 Å². The van der Waals surface area contributed by atoms with Gasteiger partial charge in [-0.2, -0.15) is 0 Å². The molecular weight excluding hydrogens is 282 g/mol. The van der Waals surface area contributed by atoms with E-state index in [0.29, 0.717) is 19.4 Å². The Bertz CT molecular complexity index is 407. The maximum Gasteiger partial charge on any atom is 0.248 e. The summed E-state index contributed by atoms with van der Waals surface area (Å²) in [6.07, 6.45) is 0.0881. The number of nitrogens with zero attached hydrogens (tertiary/aromatic N) is 1. The summed E-state index contributed by atoms with van der Waals surface area (Å²) < 4.78 is 26.1. The van der Waals surface area contributed by atoms with Crippen LogP contribution in [0, 0.1) is 5.92 Å². The van der Waals surface area contributed by atoms with Crippen molar-refractivity contribution in [1.29, 1.82) is 0 Å². The van der Waals surface area contributed by atoms with Crippen LogP contribution in [0.25, 0.3) is 0 Å². The lowest BCUT2D eigenvalue weighted by atomic mass is 9.87. The highest BCUT2D eigenvalue weighted by molar-refractivity contribution is 5.87. The van der Waals surface area contributed by atoms with E-state index in [1.807, 2.05) is 0 Å². The Hall–Kier alpha value is -1.24. The highest BCUT2D eigenvalue weighted by Crippen LogP contribution is 2.35. The SMILES string of the molecule is CC(=O)N1C[C@H](O)C[C@@H]1C(=O)NCC1CCC(F)(F)CC1. The van der Waals surface area contributed by atoms with Crippen molar-refractivity contribution in [2.45, 2.75) is 57.1 Å². The van der Waals surface area contributed by atoms with Crippen molar-refractivity contribution in [2.75, 3.05) is 13.1 Å². The van der Waals surface area contributed by atoms with Gasteiger partial charge in [0.05, 0.1) is 6.10 Å². The molecule has 0 aromatic carbocycles. The largest absolute Gasteiger partial charge is 0.391 e. The van der Waals surface area contributed by atoms with Gasteiger partial charge in [-0.3, -0.25) is 9.59 Å². The van der Waals surface area contributed by atoms with Gasteiger partial charge >= 0.3 is 0 Å². The number of carbonyl (C=O) groups excluding carboxylic acids is 2. The Labute approximate surface area is 122 Å². The van der Waals surface area contributed by atoms with E-state index < -0.39 is 18.1 Å². The van der Waals surface area contributed by atoms with Crippen LogP contribution >= 0.6 is 0 Å². The molecule has 7 heteroatoms. The van der Waals surface area contributed by atoms with Crippen LogP contribution in [0.3, 0.4) is 0 Å². The first-order chi connectivity index (χ1) is 9.78. The van der Waals surface area contributed by atoms with Gasteiger partial charge in [0.1, 0.15) is 6.04 Å². The molecule has 1 saturated heterocycles. The summed E-state index contributed by atoms with van der Waals surface area (Å²) in [5, 5.41) is 12.3. The van der Waals surface area contributed by atoms with Crippen molar-refractivity contribution in [1.82, 2.24) is 10.2 Å². The molecule has 2 atom stereocenters. The molecule has 0 radical (unpaired) electrons. The van der Waals surface area contributed by atoms with E-state index in [1.165, 1.54) is 11.8 Å². The van der Waals surface area contributed by atoms with Crippen LogP contribution < -0.4 is 5.32 Å². The van der Waals surface area contributed by atoms with Crippen molar-refractivity contribution < 1.29 is 23.5 Å². The first kappa shape index (κ1) is 16.1. The van der Waals surface area contributed by atoms with Crippen molar-refractivity contribution in [3.8, 4) is 0 Å². The summed E-state index contributed by atoms with van der Waals surface area (Å²) in [6, 6.07) is -0.650. The van der Waals surface area contributed by atoms with E-state index in [0.717, 1.165) is 0 Å². The molecule has 1 heterocycles. The van der Waals surface area contributed by atoms with Crippen LogP contribution in [0.2, 0.25) is 0 Å². The number of hydrogen-bond donors (Lipinski definition) is 2. The lowest BCUT2D eigenvalue weighted by Gasteiger charge is -2.29. The minimum Gasteiger partial charge on any atom is -0.391 e. The number of nitrogens with one attached hydrogen (secondary N) is 1. The predicted molar refractivity (Wildman–Crippen MR) is 71.7 cm³/mol. The molecule has 2 rings (SSSR count). The standard InChI is InChI=1S/C14H22F2N2O3/c1-9(19)18-8-11(20)6-12(18)13(21)17-7-10-2-4-14(15,16)5-3-10/h10-12,20H,2-8H2,1H3,(H,17,21)/t11-,12-/m1/s1. The second-order valence-electron chi connectivity index (χ2n) is 6.12. The minimum atomic E-state index is -2.57. The number of aliphatic hydroxyl groups is 1. The third kappa shape index (κ3) is 4.12. The van der Waals surface area contributed by atoms with Gasteiger partial charge < -0.3 is 15.3 Å². The summed E-state index contributed by atoms with van der Waals surface area (Å²) in [7, 11) is 0. The van der Waals surface area contributed by atoms with Crippen LogP contribution in [0.15, 0.2) is 0 Å². The Morgan fingerprint density at radius 1 is 1.33 bits per heavy atom. The molecule has 1 aliphatic carbocycles. The molecular formula is C14H22F2N2O3. The summed E-state index contributed by atoms with van der Waals surface area (Å²) in [6.45, 7) is 1.89. The zero-order valence-electron chi connectivity index (χ0n) is 12.1. The molecule has 2 N–H and O–H groups in total. The van der Waals surface area contributed by atoms with Crippen LogP contribution in [-0.4, -0.2) is 53.0 Å². The Morgan fingerprint density at radius 2 is 1.95 bits per heavy atom. The zero-order valence-corrected chi connectivity index (χ0v) is 12.1. The zero-order chi connectivity index (χ0) is 15.6. The smallest absolute Gasteiger partial charge is 0.248 e. The van der Waals surface area contributed by atoms with Gasteiger partial charge in [0, 0.05) is 39.3 Å². The molecule has 2 fully saturated rings.